The van der Waals surface area contributed by atoms with Crippen LogP contribution in [0.5, 0.6) is 5.75 Å². The van der Waals surface area contributed by atoms with Crippen molar-refractivity contribution in [2.45, 2.75) is 38.5 Å². The van der Waals surface area contributed by atoms with Gasteiger partial charge in [-0.2, -0.15) is 13.2 Å². The van der Waals surface area contributed by atoms with E-state index in [1.165, 1.54) is 6.07 Å². The molecule has 0 saturated carbocycles. The van der Waals surface area contributed by atoms with Crippen LogP contribution >= 0.6 is 11.6 Å². The molecule has 2 rings (SSSR count). The minimum atomic E-state index is -4.38. The van der Waals surface area contributed by atoms with E-state index in [2.05, 4.69) is 6.92 Å². The van der Waals surface area contributed by atoms with Crippen LogP contribution in [0, 0.1) is 0 Å². The lowest BCUT2D eigenvalue weighted by Crippen LogP contribution is -2.09. The summed E-state index contributed by atoms with van der Waals surface area (Å²) in [6, 6.07) is 12.2. The van der Waals surface area contributed by atoms with Gasteiger partial charge in [0.15, 0.2) is 0 Å². The van der Waals surface area contributed by atoms with E-state index >= 15 is 0 Å². The van der Waals surface area contributed by atoms with Crippen molar-refractivity contribution in [3.63, 3.8) is 0 Å². The summed E-state index contributed by atoms with van der Waals surface area (Å²) < 4.78 is 44.3. The summed E-state index contributed by atoms with van der Waals surface area (Å²) in [5, 5.41) is 0.613. The van der Waals surface area contributed by atoms with Crippen molar-refractivity contribution in [2.75, 3.05) is 0 Å². The Morgan fingerprint density at radius 1 is 1.09 bits per heavy atom. The van der Waals surface area contributed by atoms with E-state index in [1.807, 2.05) is 12.1 Å². The van der Waals surface area contributed by atoms with Crippen LogP contribution in [-0.2, 0) is 6.18 Å². The summed E-state index contributed by atoms with van der Waals surface area (Å²) in [7, 11) is 0. The minimum absolute atomic E-state index is 0.218. The van der Waals surface area contributed by atoms with Crippen molar-refractivity contribution < 1.29 is 17.9 Å². The highest BCUT2D eigenvalue weighted by Gasteiger charge is 2.30. The monoisotopic (exact) mass is 342 g/mol. The van der Waals surface area contributed by atoms with Gasteiger partial charge in [0.05, 0.1) is 5.56 Å². The standard InChI is InChI=1S/C18H18ClF3O/c1-2-3-7-17(13-8-10-15(19)11-9-13)23-16-6-4-5-14(12-16)18(20,21)22/h4-6,8-12,17H,2-3,7H2,1H3. The highest BCUT2D eigenvalue weighted by molar-refractivity contribution is 6.30. The fourth-order valence-corrected chi connectivity index (χ4v) is 2.40. The molecule has 0 aliphatic heterocycles. The molecule has 124 valence electrons. The first kappa shape index (κ1) is 17.7. The lowest BCUT2D eigenvalue weighted by molar-refractivity contribution is -0.137. The third-order valence-electron chi connectivity index (χ3n) is 3.50. The van der Waals surface area contributed by atoms with Gasteiger partial charge in [0, 0.05) is 5.02 Å². The molecule has 1 nitrogen and oxygen atoms in total. The number of hydrogen-bond donors (Lipinski definition) is 0. The Bertz CT molecular complexity index is 623. The fourth-order valence-electron chi connectivity index (χ4n) is 2.27. The first-order chi connectivity index (χ1) is 10.9. The lowest BCUT2D eigenvalue weighted by atomic mass is 10.0. The SMILES string of the molecule is CCCCC(Oc1cccc(C(F)(F)F)c1)c1ccc(Cl)cc1. The molecule has 0 aromatic heterocycles. The molecule has 0 N–H and O–H groups in total. The van der Waals surface area contributed by atoms with Gasteiger partial charge in [-0.15, -0.1) is 0 Å². The zero-order valence-corrected chi connectivity index (χ0v) is 13.5. The second-order valence-electron chi connectivity index (χ2n) is 5.33. The van der Waals surface area contributed by atoms with E-state index in [0.29, 0.717) is 5.02 Å². The Labute approximate surface area is 139 Å². The van der Waals surface area contributed by atoms with Gasteiger partial charge >= 0.3 is 6.18 Å². The molecule has 0 fully saturated rings. The summed E-state index contributed by atoms with van der Waals surface area (Å²) in [4.78, 5) is 0. The highest BCUT2D eigenvalue weighted by Crippen LogP contribution is 2.33. The molecule has 0 bridgehead atoms. The quantitative estimate of drug-likeness (QED) is 0.569. The second kappa shape index (κ2) is 7.73. The van der Waals surface area contributed by atoms with Gasteiger partial charge in [0.2, 0.25) is 0 Å². The van der Waals surface area contributed by atoms with Gasteiger partial charge < -0.3 is 4.74 Å². The van der Waals surface area contributed by atoms with Gasteiger partial charge in [-0.25, -0.2) is 0 Å². The van der Waals surface area contributed by atoms with E-state index < -0.39 is 11.7 Å². The van der Waals surface area contributed by atoms with Crippen LogP contribution in [0.25, 0.3) is 0 Å². The Balaban J connectivity index is 2.22. The van der Waals surface area contributed by atoms with Gasteiger partial charge in [0.25, 0.3) is 0 Å². The Kier molecular flexibility index (Phi) is 5.94. The Hall–Kier alpha value is -1.68. The molecule has 1 atom stereocenters. The smallest absolute Gasteiger partial charge is 0.416 e. The molecular formula is C18H18ClF3O. The average molecular weight is 343 g/mol. The van der Waals surface area contributed by atoms with Gasteiger partial charge in [-0.05, 0) is 48.7 Å². The third-order valence-corrected chi connectivity index (χ3v) is 3.75. The molecule has 0 saturated heterocycles. The largest absolute Gasteiger partial charge is 0.486 e. The first-order valence-electron chi connectivity index (χ1n) is 7.49. The number of halogens is 4. The van der Waals surface area contributed by atoms with Crippen LogP contribution in [0.2, 0.25) is 5.02 Å². The van der Waals surface area contributed by atoms with Crippen molar-refractivity contribution in [2.24, 2.45) is 0 Å². The molecule has 2 aromatic carbocycles. The third kappa shape index (κ3) is 5.17. The number of benzene rings is 2. The van der Waals surface area contributed by atoms with Crippen LogP contribution < -0.4 is 4.74 Å². The molecule has 0 amide bonds. The van der Waals surface area contributed by atoms with Crippen LogP contribution in [0.15, 0.2) is 48.5 Å². The van der Waals surface area contributed by atoms with E-state index in [-0.39, 0.29) is 11.9 Å². The molecule has 0 heterocycles. The maximum absolute atomic E-state index is 12.8. The predicted octanol–water partition coefficient (Wildman–Crippen LogP) is 6.67. The van der Waals surface area contributed by atoms with E-state index in [0.717, 1.165) is 37.0 Å². The van der Waals surface area contributed by atoms with Gasteiger partial charge in [-0.1, -0.05) is 43.1 Å². The lowest BCUT2D eigenvalue weighted by Gasteiger charge is -2.20. The molecule has 23 heavy (non-hydrogen) atoms. The molecule has 0 spiro atoms. The van der Waals surface area contributed by atoms with Crippen molar-refractivity contribution in [1.29, 1.82) is 0 Å². The van der Waals surface area contributed by atoms with E-state index in [4.69, 9.17) is 16.3 Å². The summed E-state index contributed by atoms with van der Waals surface area (Å²) in [5.41, 5.74) is 0.195. The minimum Gasteiger partial charge on any atom is -0.486 e. The van der Waals surface area contributed by atoms with E-state index in [1.54, 1.807) is 18.2 Å². The molecule has 0 aliphatic carbocycles. The van der Waals surface area contributed by atoms with Gasteiger partial charge in [0.1, 0.15) is 11.9 Å². The van der Waals surface area contributed by atoms with Crippen LogP contribution in [-0.4, -0.2) is 0 Å². The predicted molar refractivity (Wildman–Crippen MR) is 85.8 cm³/mol. The molecule has 5 heteroatoms. The van der Waals surface area contributed by atoms with Crippen molar-refractivity contribution >= 4 is 11.6 Å². The molecule has 2 aromatic rings. The van der Waals surface area contributed by atoms with Crippen molar-refractivity contribution in [1.82, 2.24) is 0 Å². The number of alkyl halides is 3. The zero-order valence-electron chi connectivity index (χ0n) is 12.7. The molecule has 1 unspecified atom stereocenters. The topological polar surface area (TPSA) is 9.23 Å². The fraction of sp³-hybridized carbons (Fsp3) is 0.333. The normalized spacial score (nSPS) is 12.9. The van der Waals surface area contributed by atoms with Crippen LogP contribution in [0.3, 0.4) is 0 Å². The van der Waals surface area contributed by atoms with Crippen molar-refractivity contribution in [3.05, 3.63) is 64.7 Å². The molecule has 0 radical (unpaired) electrons. The van der Waals surface area contributed by atoms with Crippen LogP contribution in [0.4, 0.5) is 13.2 Å². The number of rotatable bonds is 6. The Morgan fingerprint density at radius 2 is 1.78 bits per heavy atom. The van der Waals surface area contributed by atoms with Crippen molar-refractivity contribution in [3.8, 4) is 5.75 Å². The molecule has 0 aliphatic rings. The molecular weight excluding hydrogens is 325 g/mol. The summed E-state index contributed by atoms with van der Waals surface area (Å²) >= 11 is 5.89. The zero-order chi connectivity index (χ0) is 16.9. The number of hydrogen-bond acceptors (Lipinski definition) is 1. The van der Waals surface area contributed by atoms with Crippen LogP contribution in [0.1, 0.15) is 43.4 Å². The highest BCUT2D eigenvalue weighted by atomic mass is 35.5. The summed E-state index contributed by atoms with van der Waals surface area (Å²) in [6.45, 7) is 2.06. The maximum atomic E-state index is 12.8. The van der Waals surface area contributed by atoms with Gasteiger partial charge in [-0.3, -0.25) is 0 Å². The summed E-state index contributed by atoms with van der Waals surface area (Å²) in [6.07, 6.45) is -2.04. The number of ether oxygens (including phenoxy) is 1. The number of unbranched alkanes of at least 4 members (excludes halogenated alkanes) is 1. The second-order valence-corrected chi connectivity index (χ2v) is 5.76. The summed E-state index contributed by atoms with van der Waals surface area (Å²) in [5.74, 6) is 0.218. The Morgan fingerprint density at radius 3 is 2.39 bits per heavy atom. The first-order valence-corrected chi connectivity index (χ1v) is 7.87. The average Bonchev–Trinajstić information content (AvgIpc) is 2.52. The van der Waals surface area contributed by atoms with E-state index in [9.17, 15) is 13.2 Å². The maximum Gasteiger partial charge on any atom is 0.416 e.